The Morgan fingerprint density at radius 1 is 1.12 bits per heavy atom. The van der Waals surface area contributed by atoms with Crippen LogP contribution >= 0.6 is 0 Å². The summed E-state index contributed by atoms with van der Waals surface area (Å²) in [7, 11) is 0. The quantitative estimate of drug-likeness (QED) is 0.863. The summed E-state index contributed by atoms with van der Waals surface area (Å²) in [6.07, 6.45) is 3.33. The number of hydrogen-bond donors (Lipinski definition) is 1. The SMILES string of the molecule is CC1(C)C(c2ccccc2)C[C@]23NC(=O)[C@@]4(CCCN4C2=O)CC13. The maximum atomic E-state index is 13.4. The maximum absolute atomic E-state index is 13.4. The molecule has 1 aliphatic carbocycles. The number of benzene rings is 1. The molecule has 6 rings (SSSR count). The van der Waals surface area contributed by atoms with Crippen LogP contribution in [0.4, 0.5) is 0 Å². The van der Waals surface area contributed by atoms with Gasteiger partial charge in [-0.15, -0.1) is 0 Å². The van der Waals surface area contributed by atoms with Gasteiger partial charge in [0.15, 0.2) is 0 Å². The minimum atomic E-state index is -0.687. The topological polar surface area (TPSA) is 49.4 Å². The Kier molecular flexibility index (Phi) is 2.55. The second-order valence-corrected chi connectivity index (χ2v) is 8.76. The van der Waals surface area contributed by atoms with E-state index in [9.17, 15) is 9.59 Å². The van der Waals surface area contributed by atoms with E-state index in [0.29, 0.717) is 5.92 Å². The molecule has 4 nitrogen and oxygen atoms in total. The highest BCUT2D eigenvalue weighted by molar-refractivity contribution is 6.05. The third-order valence-electron chi connectivity index (χ3n) is 7.54. The summed E-state index contributed by atoms with van der Waals surface area (Å²) in [5.41, 5.74) is 0.0285. The van der Waals surface area contributed by atoms with E-state index in [1.54, 1.807) is 0 Å². The van der Waals surface area contributed by atoms with Gasteiger partial charge < -0.3 is 10.2 Å². The fourth-order valence-electron chi connectivity index (χ4n) is 6.32. The van der Waals surface area contributed by atoms with E-state index in [2.05, 4.69) is 43.4 Å². The van der Waals surface area contributed by atoms with Crippen molar-refractivity contribution in [2.45, 2.75) is 56.5 Å². The number of nitrogens with zero attached hydrogens (tertiary/aromatic N) is 1. The molecule has 2 spiro atoms. The summed E-state index contributed by atoms with van der Waals surface area (Å²) in [5.74, 6) is 0.792. The molecule has 5 aliphatic rings. The first kappa shape index (κ1) is 14.5. The Labute approximate surface area is 142 Å². The molecule has 4 heterocycles. The second-order valence-electron chi connectivity index (χ2n) is 8.76. The molecular formula is C20H24N2O2. The maximum Gasteiger partial charge on any atom is 0.249 e. The second kappa shape index (κ2) is 4.22. The predicted molar refractivity (Wildman–Crippen MR) is 90.2 cm³/mol. The lowest BCUT2D eigenvalue weighted by Crippen LogP contribution is -2.81. The molecule has 4 heteroatoms. The van der Waals surface area contributed by atoms with Gasteiger partial charge in [-0.05, 0) is 48.5 Å². The summed E-state index contributed by atoms with van der Waals surface area (Å²) in [6, 6.07) is 10.5. The molecule has 2 unspecified atom stereocenters. The Balaban J connectivity index is 1.65. The van der Waals surface area contributed by atoms with Gasteiger partial charge in [0.2, 0.25) is 11.8 Å². The minimum absolute atomic E-state index is 0.00755. The zero-order chi connectivity index (χ0) is 16.7. The van der Waals surface area contributed by atoms with Gasteiger partial charge in [-0.3, -0.25) is 9.59 Å². The molecule has 1 aromatic rings. The van der Waals surface area contributed by atoms with Gasteiger partial charge in [0.05, 0.1) is 0 Å². The molecule has 4 saturated heterocycles. The highest BCUT2D eigenvalue weighted by Crippen LogP contribution is 2.65. The van der Waals surface area contributed by atoms with E-state index >= 15 is 0 Å². The monoisotopic (exact) mass is 324 g/mol. The van der Waals surface area contributed by atoms with Crippen LogP contribution in [0.15, 0.2) is 30.3 Å². The summed E-state index contributed by atoms with van der Waals surface area (Å²) < 4.78 is 0. The smallest absolute Gasteiger partial charge is 0.249 e. The third kappa shape index (κ3) is 1.42. The van der Waals surface area contributed by atoms with Crippen molar-refractivity contribution in [3.63, 3.8) is 0 Å². The van der Waals surface area contributed by atoms with Crippen molar-refractivity contribution >= 4 is 11.8 Å². The molecule has 2 amide bonds. The number of amides is 2. The number of carbonyl (C=O) groups excluding carboxylic acids is 2. The van der Waals surface area contributed by atoms with E-state index in [1.165, 1.54) is 5.56 Å². The first-order chi connectivity index (χ1) is 11.4. The van der Waals surface area contributed by atoms with Crippen LogP contribution < -0.4 is 5.32 Å². The zero-order valence-corrected chi connectivity index (χ0v) is 14.3. The van der Waals surface area contributed by atoms with Gasteiger partial charge in [-0.2, -0.15) is 0 Å². The summed E-state index contributed by atoms with van der Waals surface area (Å²) in [5, 5.41) is 3.23. The average molecular weight is 324 g/mol. The molecule has 4 aliphatic heterocycles. The van der Waals surface area contributed by atoms with Crippen LogP contribution in [-0.4, -0.2) is 34.3 Å². The van der Waals surface area contributed by atoms with Crippen LogP contribution in [0.25, 0.3) is 0 Å². The number of piperidine rings is 2. The largest absolute Gasteiger partial charge is 0.339 e. The molecule has 1 N–H and O–H groups in total. The van der Waals surface area contributed by atoms with Crippen molar-refractivity contribution < 1.29 is 9.59 Å². The molecule has 1 aromatic carbocycles. The van der Waals surface area contributed by atoms with Gasteiger partial charge >= 0.3 is 0 Å². The zero-order valence-electron chi connectivity index (χ0n) is 14.3. The first-order valence-corrected chi connectivity index (χ1v) is 9.11. The fourth-order valence-corrected chi connectivity index (χ4v) is 6.32. The van der Waals surface area contributed by atoms with Gasteiger partial charge in [0, 0.05) is 6.54 Å². The van der Waals surface area contributed by atoms with E-state index < -0.39 is 11.1 Å². The third-order valence-corrected chi connectivity index (χ3v) is 7.54. The van der Waals surface area contributed by atoms with E-state index in [-0.39, 0.29) is 23.1 Å². The van der Waals surface area contributed by atoms with Crippen molar-refractivity contribution in [1.82, 2.24) is 10.2 Å². The van der Waals surface area contributed by atoms with Gasteiger partial charge in [0.25, 0.3) is 0 Å². The highest BCUT2D eigenvalue weighted by Gasteiger charge is 2.75. The van der Waals surface area contributed by atoms with Crippen LogP contribution in [0.1, 0.15) is 51.0 Å². The number of nitrogens with one attached hydrogen (secondary N) is 1. The molecule has 4 atom stereocenters. The van der Waals surface area contributed by atoms with E-state index in [1.807, 2.05) is 11.0 Å². The number of piperazine rings is 1. The molecular weight excluding hydrogens is 300 g/mol. The van der Waals surface area contributed by atoms with Crippen LogP contribution in [0, 0.1) is 11.3 Å². The van der Waals surface area contributed by atoms with Crippen LogP contribution in [-0.2, 0) is 9.59 Å². The summed E-state index contributed by atoms with van der Waals surface area (Å²) >= 11 is 0. The minimum Gasteiger partial charge on any atom is -0.339 e. The Hall–Kier alpha value is -1.84. The average Bonchev–Trinajstić information content (AvgIpc) is 3.09. The number of carbonyl (C=O) groups is 2. The molecule has 2 bridgehead atoms. The van der Waals surface area contributed by atoms with Crippen molar-refractivity contribution in [3.8, 4) is 0 Å². The van der Waals surface area contributed by atoms with E-state index in [0.717, 1.165) is 32.2 Å². The normalized spacial score (nSPS) is 42.0. The van der Waals surface area contributed by atoms with Crippen molar-refractivity contribution in [3.05, 3.63) is 35.9 Å². The molecule has 24 heavy (non-hydrogen) atoms. The number of rotatable bonds is 1. The van der Waals surface area contributed by atoms with Crippen molar-refractivity contribution in [2.75, 3.05) is 6.54 Å². The van der Waals surface area contributed by atoms with Crippen LogP contribution in [0.5, 0.6) is 0 Å². The lowest BCUT2D eigenvalue weighted by Gasteiger charge is -2.59. The molecule has 0 radical (unpaired) electrons. The lowest BCUT2D eigenvalue weighted by atomic mass is 9.60. The molecule has 1 saturated carbocycles. The lowest BCUT2D eigenvalue weighted by molar-refractivity contribution is -0.175. The molecule has 126 valence electrons. The molecule has 5 fully saturated rings. The van der Waals surface area contributed by atoms with Crippen molar-refractivity contribution in [2.24, 2.45) is 11.3 Å². The fraction of sp³-hybridized carbons (Fsp3) is 0.600. The standard InChI is InChI=1S/C20H24N2O2/c1-18(2)14(13-7-4-3-5-8-13)11-20-15(18)12-19(16(23)21-20)9-6-10-22(19)17(20)24/h3-5,7-8,14-15H,6,9-12H2,1-2H3,(H,21,23)/t14?,15?,19-,20-/m1/s1. The van der Waals surface area contributed by atoms with E-state index in [4.69, 9.17) is 0 Å². The Morgan fingerprint density at radius 3 is 2.62 bits per heavy atom. The predicted octanol–water partition coefficient (Wildman–Crippen LogP) is 2.45. The van der Waals surface area contributed by atoms with Crippen molar-refractivity contribution in [1.29, 1.82) is 0 Å². The number of hydrogen-bond acceptors (Lipinski definition) is 2. The molecule has 0 aromatic heterocycles. The van der Waals surface area contributed by atoms with Gasteiger partial charge in [-0.25, -0.2) is 0 Å². The highest BCUT2D eigenvalue weighted by atomic mass is 16.2. The number of fused-ring (bicyclic) bond motifs is 1. The first-order valence-electron chi connectivity index (χ1n) is 9.11. The Bertz CT molecular complexity index is 743. The van der Waals surface area contributed by atoms with Crippen LogP contribution in [0.2, 0.25) is 0 Å². The van der Waals surface area contributed by atoms with Gasteiger partial charge in [-0.1, -0.05) is 44.2 Å². The Morgan fingerprint density at radius 2 is 1.88 bits per heavy atom. The van der Waals surface area contributed by atoms with Gasteiger partial charge in [0.1, 0.15) is 11.1 Å². The summed E-state index contributed by atoms with van der Waals surface area (Å²) in [4.78, 5) is 28.2. The summed E-state index contributed by atoms with van der Waals surface area (Å²) in [6.45, 7) is 5.33. The van der Waals surface area contributed by atoms with Crippen LogP contribution in [0.3, 0.4) is 0 Å².